The van der Waals surface area contributed by atoms with E-state index < -0.39 is 75.0 Å². The molecule has 3 nitrogen and oxygen atoms in total. The van der Waals surface area contributed by atoms with Crippen LogP contribution >= 0.6 is 23.2 Å². The van der Waals surface area contributed by atoms with Crippen LogP contribution in [0, 0.1) is 5.82 Å². The Morgan fingerprint density at radius 3 is 1.77 bits per heavy atom. The Hall–Kier alpha value is -2.82. The minimum absolute atomic E-state index is 0.0941. The summed E-state index contributed by atoms with van der Waals surface area (Å²) in [7, 11) is 1.05. The van der Waals surface area contributed by atoms with Crippen LogP contribution < -0.4 is 0 Å². The summed E-state index contributed by atoms with van der Waals surface area (Å²) in [5, 5.41) is 2.89. The zero-order valence-corrected chi connectivity index (χ0v) is 20.4. The number of hydrogen-bond acceptors (Lipinski definition) is 2. The lowest BCUT2D eigenvalue weighted by Gasteiger charge is -2.39. The smallest absolute Gasteiger partial charge is 0.248 e. The largest absolute Gasteiger partial charge is 0.460 e. The fourth-order valence-corrected chi connectivity index (χ4v) is 3.73. The predicted octanol–water partition coefficient (Wildman–Crippen LogP) is 8.79. The van der Waals surface area contributed by atoms with E-state index in [1.165, 1.54) is 12.1 Å². The molecule has 2 aromatic carbocycles. The lowest BCUT2D eigenvalue weighted by molar-refractivity contribution is -0.441. The normalized spacial score (nSPS) is 14.1. The van der Waals surface area contributed by atoms with Gasteiger partial charge in [0.2, 0.25) is 0 Å². The first-order valence-corrected chi connectivity index (χ1v) is 10.8. The second-order valence-electron chi connectivity index (χ2n) is 8.04. The molecule has 3 rings (SSSR count). The average molecular weight is 640 g/mol. The van der Waals surface area contributed by atoms with Gasteiger partial charge < -0.3 is 0 Å². The van der Waals surface area contributed by atoms with Crippen molar-refractivity contribution in [3.63, 3.8) is 0 Å². The Bertz CT molecular complexity index is 1410. The van der Waals surface area contributed by atoms with E-state index in [4.69, 9.17) is 23.2 Å². The first-order valence-electron chi connectivity index (χ1n) is 10.0. The van der Waals surface area contributed by atoms with Crippen molar-refractivity contribution in [3.05, 3.63) is 57.8 Å². The summed E-state index contributed by atoms with van der Waals surface area (Å²) in [5.74, 6) is -40.0. The van der Waals surface area contributed by atoms with Crippen LogP contribution in [0.2, 0.25) is 10.0 Å². The molecule has 0 atom stereocenters. The maximum absolute atomic E-state index is 14.7. The third-order valence-electron chi connectivity index (χ3n) is 5.45. The molecule has 0 spiro atoms. The van der Waals surface area contributed by atoms with Gasteiger partial charge in [-0.25, -0.2) is 14.1 Å². The molecule has 0 N–H and O–H groups in total. The highest BCUT2D eigenvalue weighted by atomic mass is 35.5. The zero-order valence-electron chi connectivity index (χ0n) is 18.9. The number of alkyl halides is 13. The van der Waals surface area contributed by atoms with Crippen LogP contribution in [0.1, 0.15) is 5.56 Å². The first-order chi connectivity index (χ1) is 17.9. The first kappa shape index (κ1) is 31.7. The summed E-state index contributed by atoms with van der Waals surface area (Å²) < 4.78 is 191. The van der Waals surface area contributed by atoms with E-state index in [9.17, 15) is 61.5 Å². The molecule has 1 heterocycles. The van der Waals surface area contributed by atoms with E-state index >= 15 is 0 Å². The molecule has 3 aromatic rings. The van der Waals surface area contributed by atoms with E-state index in [1.807, 2.05) is 0 Å². The van der Waals surface area contributed by atoms with Gasteiger partial charge in [0, 0.05) is 18.2 Å². The van der Waals surface area contributed by atoms with Crippen LogP contribution in [0.5, 0.6) is 0 Å². The van der Waals surface area contributed by atoms with Crippen molar-refractivity contribution in [2.24, 2.45) is 7.05 Å². The lowest BCUT2D eigenvalue weighted by Crippen LogP contribution is -2.69. The van der Waals surface area contributed by atoms with E-state index in [0.717, 1.165) is 13.1 Å². The maximum atomic E-state index is 14.7. The highest BCUT2D eigenvalue weighted by molar-refractivity contribution is 6.33. The SMILES string of the molecule is Cn1nc(-c2c(F)cccc2Cl)nc1-c1cc(C(F)(F)C(F)(F)C(F)(F)C(F)(F)C(F)(F)C(F)(F)F)ccc1Cl. The average Bonchev–Trinajstić information content (AvgIpc) is 3.18. The summed E-state index contributed by atoms with van der Waals surface area (Å²) in [5.41, 5.74) is -3.52. The number of hydrogen-bond donors (Lipinski definition) is 0. The lowest BCUT2D eigenvalue weighted by atomic mass is 9.90. The van der Waals surface area contributed by atoms with E-state index in [2.05, 4.69) is 10.1 Å². The quantitative estimate of drug-likeness (QED) is 0.242. The third-order valence-corrected chi connectivity index (χ3v) is 6.10. The van der Waals surface area contributed by atoms with Crippen LogP contribution in [-0.2, 0) is 13.0 Å². The van der Waals surface area contributed by atoms with Gasteiger partial charge in [-0.1, -0.05) is 35.3 Å². The number of aromatic nitrogens is 3. The van der Waals surface area contributed by atoms with Gasteiger partial charge in [0.1, 0.15) is 5.82 Å². The molecule has 0 unspecified atom stereocenters. The topological polar surface area (TPSA) is 30.7 Å². The van der Waals surface area contributed by atoms with Crippen molar-refractivity contribution in [2.45, 2.75) is 35.8 Å². The van der Waals surface area contributed by atoms with Crippen molar-refractivity contribution in [3.8, 4) is 22.8 Å². The van der Waals surface area contributed by atoms with Crippen LogP contribution in [0.4, 0.5) is 61.5 Å². The molecule has 0 aliphatic heterocycles. The summed E-state index contributed by atoms with van der Waals surface area (Å²) in [6.45, 7) is 0. The number of halogens is 16. The molecule has 220 valence electrons. The van der Waals surface area contributed by atoms with Crippen molar-refractivity contribution in [2.75, 3.05) is 0 Å². The molecule has 0 aliphatic rings. The van der Waals surface area contributed by atoms with Crippen LogP contribution in [-0.4, -0.2) is 44.6 Å². The molecule has 0 saturated carbocycles. The Morgan fingerprint density at radius 1 is 0.700 bits per heavy atom. The van der Waals surface area contributed by atoms with Gasteiger partial charge in [0.25, 0.3) is 0 Å². The van der Waals surface area contributed by atoms with Gasteiger partial charge in [0.15, 0.2) is 11.6 Å². The molecule has 1 aromatic heterocycles. The number of aryl methyl sites for hydroxylation is 1. The highest BCUT2D eigenvalue weighted by Gasteiger charge is 2.90. The van der Waals surface area contributed by atoms with Crippen molar-refractivity contribution in [1.82, 2.24) is 14.8 Å². The Kier molecular flexibility index (Phi) is 7.63. The Labute approximate surface area is 223 Å². The molecule has 0 saturated heterocycles. The number of benzene rings is 2. The highest BCUT2D eigenvalue weighted by Crippen LogP contribution is 2.62. The Balaban J connectivity index is 2.16. The summed E-state index contributed by atoms with van der Waals surface area (Å²) >= 11 is 11.7. The summed E-state index contributed by atoms with van der Waals surface area (Å²) in [6, 6.07) is 3.49. The van der Waals surface area contributed by atoms with Crippen LogP contribution in [0.3, 0.4) is 0 Å². The molecule has 0 aliphatic carbocycles. The molecule has 19 heteroatoms. The third kappa shape index (κ3) is 4.54. The van der Waals surface area contributed by atoms with Crippen LogP contribution in [0.25, 0.3) is 22.8 Å². The van der Waals surface area contributed by atoms with E-state index in [0.29, 0.717) is 10.7 Å². The Morgan fingerprint density at radius 2 is 1.25 bits per heavy atom. The van der Waals surface area contributed by atoms with Crippen molar-refractivity contribution < 1.29 is 61.5 Å². The fourth-order valence-electron chi connectivity index (χ4n) is 3.28. The van der Waals surface area contributed by atoms with E-state index in [1.54, 1.807) is 0 Å². The van der Waals surface area contributed by atoms with Gasteiger partial charge in [-0.3, -0.25) is 0 Å². The monoisotopic (exact) mass is 639 g/mol. The predicted molar refractivity (Wildman–Crippen MR) is 112 cm³/mol. The van der Waals surface area contributed by atoms with Crippen molar-refractivity contribution >= 4 is 23.2 Å². The molecule has 0 amide bonds. The molecule has 0 radical (unpaired) electrons. The van der Waals surface area contributed by atoms with Crippen molar-refractivity contribution in [1.29, 1.82) is 0 Å². The van der Waals surface area contributed by atoms with Crippen LogP contribution in [0.15, 0.2) is 36.4 Å². The van der Waals surface area contributed by atoms with Gasteiger partial charge in [-0.15, -0.1) is 0 Å². The second kappa shape index (κ2) is 9.63. The van der Waals surface area contributed by atoms with Gasteiger partial charge in [-0.05, 0) is 24.3 Å². The molecule has 0 fully saturated rings. The molecular weight excluding hydrogens is 631 g/mol. The van der Waals surface area contributed by atoms with E-state index in [-0.39, 0.29) is 17.2 Å². The molecule has 40 heavy (non-hydrogen) atoms. The summed E-state index contributed by atoms with van der Waals surface area (Å²) in [4.78, 5) is 3.78. The minimum atomic E-state index is -8.04. The second-order valence-corrected chi connectivity index (χ2v) is 8.86. The van der Waals surface area contributed by atoms with Gasteiger partial charge in [-0.2, -0.15) is 62.2 Å². The molecular formula is C21H9Cl2F14N3. The van der Waals surface area contributed by atoms with Gasteiger partial charge in [0.05, 0.1) is 15.6 Å². The number of nitrogens with zero attached hydrogens (tertiary/aromatic N) is 3. The molecule has 0 bridgehead atoms. The fraction of sp³-hybridized carbons (Fsp3) is 0.333. The maximum Gasteiger partial charge on any atom is 0.460 e. The minimum Gasteiger partial charge on any atom is -0.248 e. The van der Waals surface area contributed by atoms with Gasteiger partial charge >= 0.3 is 35.8 Å². The number of rotatable bonds is 7. The zero-order chi connectivity index (χ0) is 30.9. The summed E-state index contributed by atoms with van der Waals surface area (Å²) in [6.07, 6.45) is -7.53. The standard InChI is InChI=1S/C21H9Cl2F14N3/c1-40-15(38-14(39-40)13-11(23)3-2-4-12(13)24)9-7-8(5-6-10(9)22)16(25,26)17(27,28)18(29,30)19(31,32)20(33,34)21(35,36)37/h2-7H,1H3.